The molecule has 4 rings (SSSR count). The van der Waals surface area contributed by atoms with Crippen molar-refractivity contribution in [1.82, 2.24) is 14.9 Å². The molecule has 0 saturated carbocycles. The van der Waals surface area contributed by atoms with E-state index in [1.807, 2.05) is 17.7 Å². The van der Waals surface area contributed by atoms with Crippen LogP contribution in [0.2, 0.25) is 0 Å². The summed E-state index contributed by atoms with van der Waals surface area (Å²) in [5.41, 5.74) is 2.13. The molecule has 1 atom stereocenters. The molecule has 0 unspecified atom stereocenters. The molecule has 1 saturated heterocycles. The molecule has 0 spiro atoms. The second-order valence-corrected chi connectivity index (χ2v) is 8.44. The first-order chi connectivity index (χ1) is 12.4. The molecule has 1 aromatic carbocycles. The summed E-state index contributed by atoms with van der Waals surface area (Å²) in [6.45, 7) is 2.92. The number of rotatable bonds is 3. The molecule has 1 aromatic heterocycles. The summed E-state index contributed by atoms with van der Waals surface area (Å²) >= 11 is 0. The lowest BCUT2D eigenvalue weighted by Crippen LogP contribution is -2.37. The van der Waals surface area contributed by atoms with Crippen LogP contribution in [-0.4, -0.2) is 62.0 Å². The van der Waals surface area contributed by atoms with Crippen molar-refractivity contribution >= 4 is 32.7 Å². The molecular formula is C17H20N4O4S. The molecule has 9 heteroatoms. The van der Waals surface area contributed by atoms with E-state index in [1.165, 1.54) is 6.08 Å². The van der Waals surface area contributed by atoms with Crippen molar-refractivity contribution in [2.75, 3.05) is 37.0 Å². The van der Waals surface area contributed by atoms with Crippen molar-refractivity contribution in [3.8, 4) is 0 Å². The first-order valence-corrected chi connectivity index (χ1v) is 10.2. The van der Waals surface area contributed by atoms with Gasteiger partial charge in [-0.15, -0.1) is 0 Å². The van der Waals surface area contributed by atoms with Crippen LogP contribution >= 0.6 is 0 Å². The van der Waals surface area contributed by atoms with E-state index in [4.69, 9.17) is 4.74 Å². The zero-order valence-electron chi connectivity index (χ0n) is 14.4. The van der Waals surface area contributed by atoms with Gasteiger partial charge in [0.25, 0.3) is 5.91 Å². The number of sulfone groups is 1. The molecule has 0 radical (unpaired) electrons. The lowest BCUT2D eigenvalue weighted by atomic mass is 10.1. The molecule has 0 aliphatic carbocycles. The predicted octanol–water partition coefficient (Wildman–Crippen LogP) is 0.450. The number of carbonyl (C=O) groups is 1. The highest BCUT2D eigenvalue weighted by atomic mass is 32.2. The number of morpholine rings is 1. The van der Waals surface area contributed by atoms with Crippen molar-refractivity contribution in [1.29, 1.82) is 0 Å². The molecular weight excluding hydrogens is 356 g/mol. The van der Waals surface area contributed by atoms with E-state index in [1.54, 1.807) is 12.1 Å². The number of carbonyl (C=O) groups excluding carboxylic acids is 1. The Balaban J connectivity index is 1.57. The van der Waals surface area contributed by atoms with Gasteiger partial charge in [-0.1, -0.05) is 0 Å². The summed E-state index contributed by atoms with van der Waals surface area (Å²) in [7, 11) is -1.25. The second kappa shape index (κ2) is 6.40. The summed E-state index contributed by atoms with van der Waals surface area (Å²) in [5.74, 6) is 0.453. The fourth-order valence-corrected chi connectivity index (χ4v) is 4.53. The molecule has 0 bridgehead atoms. The maximum atomic E-state index is 12.4. The van der Waals surface area contributed by atoms with E-state index < -0.39 is 15.9 Å². The summed E-state index contributed by atoms with van der Waals surface area (Å²) < 4.78 is 30.3. The highest BCUT2D eigenvalue weighted by molar-refractivity contribution is 7.94. The minimum atomic E-state index is -3.20. The van der Waals surface area contributed by atoms with Crippen molar-refractivity contribution in [3.63, 3.8) is 0 Å². The van der Waals surface area contributed by atoms with E-state index in [0.29, 0.717) is 18.8 Å². The van der Waals surface area contributed by atoms with E-state index in [-0.39, 0.29) is 11.7 Å². The summed E-state index contributed by atoms with van der Waals surface area (Å²) in [6.07, 6.45) is 1.50. The van der Waals surface area contributed by atoms with Crippen LogP contribution in [0.3, 0.4) is 0 Å². The monoisotopic (exact) mass is 376 g/mol. The number of imidazole rings is 1. The van der Waals surface area contributed by atoms with Crippen LogP contribution < -0.4 is 10.2 Å². The number of nitrogens with one attached hydrogen (secondary N) is 1. The van der Waals surface area contributed by atoms with E-state index >= 15 is 0 Å². The normalized spacial score (nSPS) is 22.0. The van der Waals surface area contributed by atoms with Crippen LogP contribution in [0.1, 0.15) is 10.4 Å². The van der Waals surface area contributed by atoms with Gasteiger partial charge in [-0.2, -0.15) is 0 Å². The molecule has 8 nitrogen and oxygen atoms in total. The Bertz CT molecular complexity index is 990. The van der Waals surface area contributed by atoms with Crippen LogP contribution in [0.4, 0.5) is 5.95 Å². The number of ether oxygens (including phenoxy) is 1. The maximum absolute atomic E-state index is 12.4. The van der Waals surface area contributed by atoms with Crippen LogP contribution in [0.15, 0.2) is 29.7 Å². The van der Waals surface area contributed by atoms with Gasteiger partial charge < -0.3 is 19.5 Å². The zero-order valence-corrected chi connectivity index (χ0v) is 15.2. The molecule has 2 aliphatic rings. The number of amides is 1. The predicted molar refractivity (Wildman–Crippen MR) is 97.9 cm³/mol. The van der Waals surface area contributed by atoms with Crippen molar-refractivity contribution < 1.29 is 17.9 Å². The third kappa shape index (κ3) is 3.19. The maximum Gasteiger partial charge on any atom is 0.251 e. The number of anilines is 1. The summed E-state index contributed by atoms with van der Waals surface area (Å²) in [4.78, 5) is 19.3. The van der Waals surface area contributed by atoms with Gasteiger partial charge >= 0.3 is 0 Å². The third-order valence-electron chi connectivity index (χ3n) is 4.66. The van der Waals surface area contributed by atoms with Gasteiger partial charge in [0.05, 0.1) is 36.0 Å². The van der Waals surface area contributed by atoms with Gasteiger partial charge in [0.2, 0.25) is 5.95 Å². The molecule has 138 valence electrons. The number of hydrogen-bond donors (Lipinski definition) is 1. The number of fused-ring (bicyclic) bond motifs is 1. The van der Waals surface area contributed by atoms with E-state index in [0.717, 1.165) is 35.5 Å². The Kier molecular flexibility index (Phi) is 4.20. The SMILES string of the molecule is Cn1c(N2CCOCC2)nc2cc(C(=O)N[C@@H]3C=CS(=O)(=O)C3)ccc21. The van der Waals surface area contributed by atoms with Crippen LogP contribution in [0.5, 0.6) is 0 Å². The smallest absolute Gasteiger partial charge is 0.251 e. The van der Waals surface area contributed by atoms with Gasteiger partial charge in [-0.25, -0.2) is 13.4 Å². The Hall–Kier alpha value is -2.39. The molecule has 2 aromatic rings. The first-order valence-electron chi connectivity index (χ1n) is 8.44. The fourth-order valence-electron chi connectivity index (χ4n) is 3.29. The minimum absolute atomic E-state index is 0.0915. The minimum Gasteiger partial charge on any atom is -0.378 e. The second-order valence-electron chi connectivity index (χ2n) is 6.51. The number of hydrogen-bond acceptors (Lipinski definition) is 6. The van der Waals surface area contributed by atoms with Crippen LogP contribution in [0, 0.1) is 0 Å². The van der Waals surface area contributed by atoms with Crippen LogP contribution in [-0.2, 0) is 21.6 Å². The first kappa shape index (κ1) is 17.0. The molecule has 3 heterocycles. The lowest BCUT2D eigenvalue weighted by Gasteiger charge is -2.27. The van der Waals surface area contributed by atoms with Crippen LogP contribution in [0.25, 0.3) is 11.0 Å². The van der Waals surface area contributed by atoms with Gasteiger partial charge in [0.15, 0.2) is 9.84 Å². The van der Waals surface area contributed by atoms with Crippen molar-refractivity contribution in [2.24, 2.45) is 7.05 Å². The van der Waals surface area contributed by atoms with Gasteiger partial charge in [0, 0.05) is 31.1 Å². The fraction of sp³-hybridized carbons (Fsp3) is 0.412. The Morgan fingerprint density at radius 3 is 2.77 bits per heavy atom. The van der Waals surface area contributed by atoms with Gasteiger partial charge in [-0.3, -0.25) is 4.79 Å². The average Bonchev–Trinajstić information content (AvgIpc) is 3.14. The van der Waals surface area contributed by atoms with E-state index in [2.05, 4.69) is 15.2 Å². The molecule has 2 aliphatic heterocycles. The number of benzene rings is 1. The lowest BCUT2D eigenvalue weighted by molar-refractivity contribution is 0.0948. The summed E-state index contributed by atoms with van der Waals surface area (Å²) in [5, 5.41) is 3.88. The van der Waals surface area contributed by atoms with Gasteiger partial charge in [-0.05, 0) is 24.3 Å². The largest absolute Gasteiger partial charge is 0.378 e. The highest BCUT2D eigenvalue weighted by Crippen LogP contribution is 2.23. The average molecular weight is 376 g/mol. The molecule has 1 amide bonds. The summed E-state index contributed by atoms with van der Waals surface area (Å²) in [6, 6.07) is 4.84. The Morgan fingerprint density at radius 2 is 2.08 bits per heavy atom. The van der Waals surface area contributed by atoms with Crippen molar-refractivity contribution in [2.45, 2.75) is 6.04 Å². The number of nitrogens with zero attached hydrogens (tertiary/aromatic N) is 3. The Labute approximate surface area is 151 Å². The Morgan fingerprint density at radius 1 is 1.31 bits per heavy atom. The number of aryl methyl sites for hydroxylation is 1. The zero-order chi connectivity index (χ0) is 18.3. The highest BCUT2D eigenvalue weighted by Gasteiger charge is 2.24. The molecule has 26 heavy (non-hydrogen) atoms. The quantitative estimate of drug-likeness (QED) is 0.836. The van der Waals surface area contributed by atoms with E-state index in [9.17, 15) is 13.2 Å². The van der Waals surface area contributed by atoms with Crippen molar-refractivity contribution in [3.05, 3.63) is 35.2 Å². The topological polar surface area (TPSA) is 93.5 Å². The van der Waals surface area contributed by atoms with Gasteiger partial charge in [0.1, 0.15) is 0 Å². The molecule has 1 N–H and O–H groups in total. The molecule has 1 fully saturated rings. The number of aromatic nitrogens is 2. The standard InChI is InChI=1S/C17H20N4O4S/c1-20-15-3-2-12(16(22)18-13-4-9-26(23,24)11-13)10-14(15)19-17(20)21-5-7-25-8-6-21/h2-4,9-10,13H,5-8,11H2,1H3,(H,18,22)/t13-/m1/s1. The third-order valence-corrected chi connectivity index (χ3v) is 6.06.